The van der Waals surface area contributed by atoms with E-state index in [1.807, 2.05) is 17.7 Å². The number of benzene rings is 1. The maximum absolute atomic E-state index is 13.9. The first-order chi connectivity index (χ1) is 12.0. The fourth-order valence-electron chi connectivity index (χ4n) is 3.23. The van der Waals surface area contributed by atoms with Gasteiger partial charge in [0.25, 0.3) is 0 Å². The molecule has 0 saturated carbocycles. The molecule has 3 rings (SSSR count). The van der Waals surface area contributed by atoms with Gasteiger partial charge in [-0.25, -0.2) is 14.2 Å². The molecule has 2 amide bonds. The zero-order valence-corrected chi connectivity index (χ0v) is 14.7. The van der Waals surface area contributed by atoms with E-state index in [2.05, 4.69) is 17.2 Å². The van der Waals surface area contributed by atoms with E-state index >= 15 is 0 Å². The molecule has 1 aromatic heterocycles. The molecule has 1 aliphatic rings. The number of methoxy groups -OCH3 is 1. The van der Waals surface area contributed by atoms with Crippen molar-refractivity contribution in [3.63, 3.8) is 0 Å². The van der Waals surface area contributed by atoms with Crippen molar-refractivity contribution < 1.29 is 13.9 Å². The van der Waals surface area contributed by atoms with Crippen molar-refractivity contribution in [1.29, 1.82) is 0 Å². The number of rotatable bonds is 3. The molecular weight excluding hydrogens is 323 g/mol. The van der Waals surface area contributed by atoms with E-state index in [0.717, 1.165) is 12.0 Å². The lowest BCUT2D eigenvalue weighted by atomic mass is 9.93. The van der Waals surface area contributed by atoms with Gasteiger partial charge in [-0.15, -0.1) is 0 Å². The van der Waals surface area contributed by atoms with E-state index in [1.165, 1.54) is 13.2 Å². The number of hydrogen-bond acceptors (Lipinski definition) is 3. The van der Waals surface area contributed by atoms with Crippen LogP contribution in [0.2, 0.25) is 0 Å². The summed E-state index contributed by atoms with van der Waals surface area (Å²) < 4.78 is 20.9. The van der Waals surface area contributed by atoms with Gasteiger partial charge in [0, 0.05) is 37.2 Å². The Balaban J connectivity index is 1.72. The lowest BCUT2D eigenvalue weighted by molar-refractivity contribution is 0.149. The van der Waals surface area contributed by atoms with Crippen molar-refractivity contribution in [3.05, 3.63) is 42.2 Å². The minimum atomic E-state index is -0.494. The molecule has 1 aliphatic heterocycles. The third kappa shape index (κ3) is 3.60. The van der Waals surface area contributed by atoms with Gasteiger partial charge in [0.05, 0.1) is 19.5 Å². The molecule has 2 heterocycles. The maximum Gasteiger partial charge on any atom is 0.321 e. The highest BCUT2D eigenvalue weighted by Crippen LogP contribution is 2.29. The number of likely N-dealkylation sites (tertiary alicyclic amines) is 1. The van der Waals surface area contributed by atoms with E-state index < -0.39 is 5.82 Å². The summed E-state index contributed by atoms with van der Waals surface area (Å²) in [5.74, 6) is 0.132. The standard InChI is InChI=1S/C18H23FN4O2/c1-12-4-6-22(10-16(12)23-7-5-20-11-23)18(24)21-15-9-14(19)17(25-3)8-13(15)2/h5,7-9,11-12,16H,4,6,10H2,1-3H3,(H,21,24)/t12-,16-/m0/s1. The van der Waals surface area contributed by atoms with Crippen molar-refractivity contribution in [3.8, 4) is 5.75 Å². The first-order valence-corrected chi connectivity index (χ1v) is 8.37. The number of aryl methyl sites for hydroxylation is 1. The zero-order chi connectivity index (χ0) is 18.0. The van der Waals surface area contributed by atoms with E-state index in [0.29, 0.717) is 24.7 Å². The Morgan fingerprint density at radius 1 is 1.44 bits per heavy atom. The normalized spacial score (nSPS) is 20.4. The summed E-state index contributed by atoms with van der Waals surface area (Å²) in [6, 6.07) is 2.85. The second-order valence-electron chi connectivity index (χ2n) is 6.52. The average molecular weight is 346 g/mol. The number of hydrogen-bond donors (Lipinski definition) is 1. The predicted molar refractivity (Wildman–Crippen MR) is 93.3 cm³/mol. The lowest BCUT2D eigenvalue weighted by Gasteiger charge is -2.37. The molecule has 2 atom stereocenters. The third-order valence-corrected chi connectivity index (χ3v) is 4.85. The molecule has 0 spiro atoms. The van der Waals surface area contributed by atoms with Crippen LogP contribution in [-0.4, -0.2) is 40.7 Å². The first kappa shape index (κ1) is 17.3. The van der Waals surface area contributed by atoms with Crippen molar-refractivity contribution in [2.24, 2.45) is 5.92 Å². The molecule has 6 nitrogen and oxygen atoms in total. The van der Waals surface area contributed by atoms with E-state index in [-0.39, 0.29) is 17.8 Å². The third-order valence-electron chi connectivity index (χ3n) is 4.85. The molecule has 1 aromatic carbocycles. The molecule has 0 unspecified atom stereocenters. The average Bonchev–Trinajstić information content (AvgIpc) is 3.12. The van der Waals surface area contributed by atoms with Crippen molar-refractivity contribution in [1.82, 2.24) is 14.5 Å². The number of aromatic nitrogens is 2. The Kier molecular flexibility index (Phi) is 4.92. The van der Waals surface area contributed by atoms with Crippen LogP contribution in [0.15, 0.2) is 30.9 Å². The molecule has 1 saturated heterocycles. The van der Waals surface area contributed by atoms with E-state index in [1.54, 1.807) is 23.5 Å². The van der Waals surface area contributed by atoms with Gasteiger partial charge in [0.2, 0.25) is 0 Å². The van der Waals surface area contributed by atoms with Crippen LogP contribution in [0.3, 0.4) is 0 Å². The molecule has 2 aromatic rings. The number of halogens is 1. The summed E-state index contributed by atoms with van der Waals surface area (Å²) in [4.78, 5) is 18.5. The maximum atomic E-state index is 13.9. The number of anilines is 1. The van der Waals surface area contributed by atoms with E-state index in [9.17, 15) is 9.18 Å². The van der Waals surface area contributed by atoms with Gasteiger partial charge in [-0.1, -0.05) is 6.92 Å². The Morgan fingerprint density at radius 2 is 2.24 bits per heavy atom. The second kappa shape index (κ2) is 7.13. The van der Waals surface area contributed by atoms with Crippen LogP contribution in [0.1, 0.15) is 24.9 Å². The number of ether oxygens (including phenoxy) is 1. The van der Waals surface area contributed by atoms with Crippen LogP contribution >= 0.6 is 0 Å². The van der Waals surface area contributed by atoms with Gasteiger partial charge in [-0.3, -0.25) is 0 Å². The van der Waals surface area contributed by atoms with Crippen LogP contribution in [0.4, 0.5) is 14.9 Å². The molecule has 0 aliphatic carbocycles. The van der Waals surface area contributed by atoms with E-state index in [4.69, 9.17) is 4.74 Å². The largest absolute Gasteiger partial charge is 0.494 e. The monoisotopic (exact) mass is 346 g/mol. The summed E-state index contributed by atoms with van der Waals surface area (Å²) in [5.41, 5.74) is 1.21. The highest BCUT2D eigenvalue weighted by atomic mass is 19.1. The minimum absolute atomic E-state index is 0.169. The van der Waals surface area contributed by atoms with Crippen LogP contribution < -0.4 is 10.1 Å². The van der Waals surface area contributed by atoms with Crippen LogP contribution in [-0.2, 0) is 0 Å². The minimum Gasteiger partial charge on any atom is -0.494 e. The fourth-order valence-corrected chi connectivity index (χ4v) is 3.23. The molecule has 0 bridgehead atoms. The van der Waals surface area contributed by atoms with Crippen LogP contribution in [0.5, 0.6) is 5.75 Å². The number of nitrogens with zero attached hydrogens (tertiary/aromatic N) is 3. The predicted octanol–water partition coefficient (Wildman–Crippen LogP) is 3.45. The van der Waals surface area contributed by atoms with Gasteiger partial charge in [0.15, 0.2) is 11.6 Å². The van der Waals surface area contributed by atoms with Gasteiger partial charge >= 0.3 is 6.03 Å². The Hall–Kier alpha value is -2.57. The number of piperidine rings is 1. The Bertz CT molecular complexity index is 748. The molecular formula is C18H23FN4O2. The first-order valence-electron chi connectivity index (χ1n) is 8.37. The Morgan fingerprint density at radius 3 is 2.92 bits per heavy atom. The Labute approximate surface area is 146 Å². The highest BCUT2D eigenvalue weighted by Gasteiger charge is 2.30. The number of carbonyl (C=O) groups excluding carboxylic acids is 1. The summed E-state index contributed by atoms with van der Waals surface area (Å²) >= 11 is 0. The number of carbonyl (C=O) groups is 1. The molecule has 1 N–H and O–H groups in total. The summed E-state index contributed by atoms with van der Waals surface area (Å²) in [6.45, 7) is 5.27. The zero-order valence-electron chi connectivity index (χ0n) is 14.7. The van der Waals surface area contributed by atoms with Gasteiger partial charge < -0.3 is 19.5 Å². The molecule has 0 radical (unpaired) electrons. The van der Waals surface area contributed by atoms with Gasteiger partial charge in [0.1, 0.15) is 0 Å². The van der Waals surface area contributed by atoms with Crippen LogP contribution in [0.25, 0.3) is 0 Å². The molecule has 134 valence electrons. The number of urea groups is 1. The molecule has 25 heavy (non-hydrogen) atoms. The van der Waals surface area contributed by atoms with Gasteiger partial charge in [-0.2, -0.15) is 0 Å². The molecule has 7 heteroatoms. The SMILES string of the molecule is COc1cc(C)c(NC(=O)N2CC[C@H](C)[C@@H](n3ccnc3)C2)cc1F. The summed E-state index contributed by atoms with van der Waals surface area (Å²) in [5, 5.41) is 2.82. The van der Waals surface area contributed by atoms with Crippen LogP contribution in [0, 0.1) is 18.7 Å². The van der Waals surface area contributed by atoms with Gasteiger partial charge in [-0.05, 0) is 30.9 Å². The summed E-state index contributed by atoms with van der Waals surface area (Å²) in [7, 11) is 1.42. The highest BCUT2D eigenvalue weighted by molar-refractivity contribution is 5.90. The number of nitrogens with one attached hydrogen (secondary N) is 1. The number of amides is 2. The smallest absolute Gasteiger partial charge is 0.321 e. The quantitative estimate of drug-likeness (QED) is 0.926. The molecule has 1 fully saturated rings. The lowest BCUT2D eigenvalue weighted by Crippen LogP contribution is -2.45. The fraction of sp³-hybridized carbons (Fsp3) is 0.444. The van der Waals surface area contributed by atoms with Crippen molar-refractivity contribution in [2.75, 3.05) is 25.5 Å². The van der Waals surface area contributed by atoms with Crippen molar-refractivity contribution >= 4 is 11.7 Å². The number of imidazole rings is 1. The summed E-state index contributed by atoms with van der Waals surface area (Å²) in [6.07, 6.45) is 6.36. The topological polar surface area (TPSA) is 59.4 Å². The second-order valence-corrected chi connectivity index (χ2v) is 6.52. The van der Waals surface area contributed by atoms with Crippen molar-refractivity contribution in [2.45, 2.75) is 26.3 Å².